The summed E-state index contributed by atoms with van der Waals surface area (Å²) in [5, 5.41) is 15.2. The van der Waals surface area contributed by atoms with Crippen molar-refractivity contribution in [2.45, 2.75) is 26.2 Å². The molecule has 124 valence electrons. The number of hydrogen-bond donors (Lipinski definition) is 1. The van der Waals surface area contributed by atoms with E-state index < -0.39 is 0 Å². The zero-order valence-corrected chi connectivity index (χ0v) is 13.6. The standard InChI is InChI=1S/C16H18N6O2/c1-11-5-3-6-12(17-11)18-15(23)8-4-7-13-19-20-14-9-10-16(24-2)21-22(13)14/h3,5-6,9-10H,4,7-8H2,1-2H3,(H,17,18,23). The summed E-state index contributed by atoms with van der Waals surface area (Å²) in [5.74, 6) is 1.68. The second kappa shape index (κ2) is 7.03. The highest BCUT2D eigenvalue weighted by molar-refractivity contribution is 5.89. The van der Waals surface area contributed by atoms with Crippen molar-refractivity contribution >= 4 is 17.4 Å². The molecule has 0 aliphatic heterocycles. The van der Waals surface area contributed by atoms with Gasteiger partial charge in [0.15, 0.2) is 11.5 Å². The average molecular weight is 326 g/mol. The Morgan fingerprint density at radius 1 is 1.25 bits per heavy atom. The highest BCUT2D eigenvalue weighted by atomic mass is 16.5. The van der Waals surface area contributed by atoms with Crippen molar-refractivity contribution in [3.05, 3.63) is 41.9 Å². The molecule has 0 aromatic carbocycles. The predicted molar refractivity (Wildman–Crippen MR) is 87.9 cm³/mol. The molecule has 0 radical (unpaired) electrons. The minimum atomic E-state index is -0.0764. The van der Waals surface area contributed by atoms with Gasteiger partial charge in [0.25, 0.3) is 0 Å². The van der Waals surface area contributed by atoms with Crippen LogP contribution in [0.2, 0.25) is 0 Å². The highest BCUT2D eigenvalue weighted by Crippen LogP contribution is 2.11. The largest absolute Gasteiger partial charge is 0.480 e. The molecule has 0 aliphatic rings. The van der Waals surface area contributed by atoms with Gasteiger partial charge in [-0.05, 0) is 31.5 Å². The van der Waals surface area contributed by atoms with Gasteiger partial charge < -0.3 is 10.1 Å². The van der Waals surface area contributed by atoms with Crippen LogP contribution in [0.5, 0.6) is 5.88 Å². The van der Waals surface area contributed by atoms with E-state index in [1.807, 2.05) is 19.1 Å². The third-order valence-electron chi connectivity index (χ3n) is 3.47. The molecule has 0 aliphatic carbocycles. The molecule has 0 spiro atoms. The van der Waals surface area contributed by atoms with Gasteiger partial charge in [-0.25, -0.2) is 4.98 Å². The van der Waals surface area contributed by atoms with Crippen molar-refractivity contribution < 1.29 is 9.53 Å². The van der Waals surface area contributed by atoms with Crippen LogP contribution in [0.1, 0.15) is 24.4 Å². The second-order valence-electron chi connectivity index (χ2n) is 5.33. The van der Waals surface area contributed by atoms with Crippen LogP contribution in [-0.4, -0.2) is 37.8 Å². The van der Waals surface area contributed by atoms with Crippen LogP contribution in [0, 0.1) is 6.92 Å². The van der Waals surface area contributed by atoms with Crippen molar-refractivity contribution in [1.82, 2.24) is 24.8 Å². The van der Waals surface area contributed by atoms with Gasteiger partial charge in [0.05, 0.1) is 7.11 Å². The Balaban J connectivity index is 1.57. The quantitative estimate of drug-likeness (QED) is 0.742. The summed E-state index contributed by atoms with van der Waals surface area (Å²) < 4.78 is 6.74. The molecule has 0 saturated heterocycles. The molecule has 8 heteroatoms. The summed E-state index contributed by atoms with van der Waals surface area (Å²) >= 11 is 0. The SMILES string of the molecule is COc1ccc2nnc(CCCC(=O)Nc3cccc(C)n3)n2n1. The molecule has 24 heavy (non-hydrogen) atoms. The maximum atomic E-state index is 12.0. The molecule has 1 amide bonds. The van der Waals surface area contributed by atoms with E-state index in [1.54, 1.807) is 29.8 Å². The molecule has 0 bridgehead atoms. The Morgan fingerprint density at radius 2 is 2.12 bits per heavy atom. The number of aromatic nitrogens is 5. The first-order chi connectivity index (χ1) is 11.7. The number of amides is 1. The van der Waals surface area contributed by atoms with E-state index in [4.69, 9.17) is 4.74 Å². The van der Waals surface area contributed by atoms with Gasteiger partial charge in [-0.2, -0.15) is 4.52 Å². The third kappa shape index (κ3) is 3.65. The molecule has 1 N–H and O–H groups in total. The summed E-state index contributed by atoms with van der Waals surface area (Å²) in [6.07, 6.45) is 1.60. The van der Waals surface area contributed by atoms with E-state index in [0.717, 1.165) is 5.69 Å². The Morgan fingerprint density at radius 3 is 2.92 bits per heavy atom. The first kappa shape index (κ1) is 15.9. The number of fused-ring (bicyclic) bond motifs is 1. The van der Waals surface area contributed by atoms with Gasteiger partial charge in [0, 0.05) is 24.6 Å². The zero-order chi connectivity index (χ0) is 16.9. The summed E-state index contributed by atoms with van der Waals surface area (Å²) in [5.41, 5.74) is 1.52. The van der Waals surface area contributed by atoms with Gasteiger partial charge in [-0.15, -0.1) is 15.3 Å². The summed E-state index contributed by atoms with van der Waals surface area (Å²) in [6, 6.07) is 9.04. The van der Waals surface area contributed by atoms with Crippen molar-refractivity contribution in [3.8, 4) is 5.88 Å². The molecule has 3 aromatic heterocycles. The number of anilines is 1. The van der Waals surface area contributed by atoms with Gasteiger partial charge in [0.2, 0.25) is 11.8 Å². The summed E-state index contributed by atoms with van der Waals surface area (Å²) in [6.45, 7) is 1.88. The molecule has 8 nitrogen and oxygen atoms in total. The van der Waals surface area contributed by atoms with Gasteiger partial charge in [0.1, 0.15) is 5.82 Å². The smallest absolute Gasteiger partial charge is 0.231 e. The molecule has 3 heterocycles. The lowest BCUT2D eigenvalue weighted by molar-refractivity contribution is -0.116. The van der Waals surface area contributed by atoms with Gasteiger partial charge in [-0.3, -0.25) is 4.79 Å². The van der Waals surface area contributed by atoms with E-state index in [0.29, 0.717) is 42.4 Å². The van der Waals surface area contributed by atoms with Gasteiger partial charge >= 0.3 is 0 Å². The number of aryl methyl sites for hydroxylation is 2. The summed E-state index contributed by atoms with van der Waals surface area (Å²) in [7, 11) is 1.56. The Labute approximate surface area is 138 Å². The van der Waals surface area contributed by atoms with Crippen LogP contribution in [0.15, 0.2) is 30.3 Å². The number of methoxy groups -OCH3 is 1. The number of hydrogen-bond acceptors (Lipinski definition) is 6. The van der Waals surface area contributed by atoms with Crippen molar-refractivity contribution in [2.75, 3.05) is 12.4 Å². The molecular formula is C16H18N6O2. The molecule has 0 unspecified atom stereocenters. The van der Waals surface area contributed by atoms with E-state index >= 15 is 0 Å². The molecule has 0 fully saturated rings. The number of rotatable bonds is 6. The van der Waals surface area contributed by atoms with Crippen molar-refractivity contribution in [2.24, 2.45) is 0 Å². The maximum absolute atomic E-state index is 12.0. The normalized spacial score (nSPS) is 10.8. The number of nitrogens with zero attached hydrogens (tertiary/aromatic N) is 5. The fraction of sp³-hybridized carbons (Fsp3) is 0.312. The number of ether oxygens (including phenoxy) is 1. The number of nitrogens with one attached hydrogen (secondary N) is 1. The minimum Gasteiger partial charge on any atom is -0.480 e. The van der Waals surface area contributed by atoms with Crippen molar-refractivity contribution in [1.29, 1.82) is 0 Å². The number of carbonyl (C=O) groups is 1. The molecule has 3 rings (SSSR count). The summed E-state index contributed by atoms with van der Waals surface area (Å²) in [4.78, 5) is 16.2. The highest BCUT2D eigenvalue weighted by Gasteiger charge is 2.09. The van der Waals surface area contributed by atoms with E-state index in [2.05, 4.69) is 25.6 Å². The van der Waals surface area contributed by atoms with Crippen LogP contribution >= 0.6 is 0 Å². The Kier molecular flexibility index (Phi) is 4.64. The number of carbonyl (C=O) groups excluding carboxylic acids is 1. The van der Waals surface area contributed by atoms with Crippen LogP contribution in [0.4, 0.5) is 5.82 Å². The van der Waals surface area contributed by atoms with Crippen molar-refractivity contribution in [3.63, 3.8) is 0 Å². The zero-order valence-electron chi connectivity index (χ0n) is 13.6. The van der Waals surface area contributed by atoms with Crippen LogP contribution in [0.3, 0.4) is 0 Å². The molecular weight excluding hydrogens is 308 g/mol. The average Bonchev–Trinajstić information content (AvgIpc) is 2.97. The monoisotopic (exact) mass is 326 g/mol. The first-order valence-corrected chi connectivity index (χ1v) is 7.64. The Hall–Kier alpha value is -3.03. The third-order valence-corrected chi connectivity index (χ3v) is 3.47. The van der Waals surface area contributed by atoms with Crippen LogP contribution < -0.4 is 10.1 Å². The van der Waals surface area contributed by atoms with E-state index in [-0.39, 0.29) is 5.91 Å². The van der Waals surface area contributed by atoms with Gasteiger partial charge in [-0.1, -0.05) is 6.07 Å². The fourth-order valence-electron chi connectivity index (χ4n) is 2.31. The lowest BCUT2D eigenvalue weighted by Crippen LogP contribution is -2.13. The predicted octanol–water partition coefficient (Wildman–Crippen LogP) is 1.80. The maximum Gasteiger partial charge on any atom is 0.231 e. The topological polar surface area (TPSA) is 94.3 Å². The first-order valence-electron chi connectivity index (χ1n) is 7.64. The lowest BCUT2D eigenvalue weighted by atomic mass is 10.2. The van der Waals surface area contributed by atoms with Crippen LogP contribution in [0.25, 0.3) is 5.65 Å². The molecule has 3 aromatic rings. The van der Waals surface area contributed by atoms with E-state index in [1.165, 1.54) is 0 Å². The molecule has 0 atom stereocenters. The molecule has 0 saturated carbocycles. The number of pyridine rings is 1. The lowest BCUT2D eigenvalue weighted by Gasteiger charge is -2.05. The fourth-order valence-corrected chi connectivity index (χ4v) is 2.31. The van der Waals surface area contributed by atoms with E-state index in [9.17, 15) is 4.79 Å². The minimum absolute atomic E-state index is 0.0764. The second-order valence-corrected chi connectivity index (χ2v) is 5.33. The van der Waals surface area contributed by atoms with Crippen LogP contribution in [-0.2, 0) is 11.2 Å². The Bertz CT molecular complexity index is 861.